The lowest BCUT2D eigenvalue weighted by Gasteiger charge is -2.22. The first-order valence-corrected chi connectivity index (χ1v) is 10.8. The predicted molar refractivity (Wildman–Crippen MR) is 106 cm³/mol. The summed E-state index contributed by atoms with van der Waals surface area (Å²) in [5, 5.41) is 10.2. The molecule has 2 heterocycles. The van der Waals surface area contributed by atoms with Crippen LogP contribution in [0, 0.1) is 12.7 Å². The second-order valence-electron chi connectivity index (χ2n) is 7.00. The maximum Gasteiger partial charge on any atom is 0.322 e. The number of rotatable bonds is 5. The van der Waals surface area contributed by atoms with Gasteiger partial charge in [0.25, 0.3) is 0 Å². The molecule has 1 amide bonds. The normalized spacial score (nSPS) is 17.2. The molecule has 0 radical (unpaired) electrons. The molecule has 8 nitrogen and oxygen atoms in total. The molecule has 0 bridgehead atoms. The average Bonchev–Trinajstić information content (AvgIpc) is 3.39. The molecule has 4 rings (SSSR count). The van der Waals surface area contributed by atoms with Crippen molar-refractivity contribution in [1.82, 2.24) is 14.5 Å². The highest BCUT2D eigenvalue weighted by atomic mass is 32.2. The van der Waals surface area contributed by atoms with Crippen LogP contribution in [-0.2, 0) is 14.8 Å². The van der Waals surface area contributed by atoms with Gasteiger partial charge in [0.15, 0.2) is 0 Å². The quantitative estimate of drug-likeness (QED) is 0.667. The summed E-state index contributed by atoms with van der Waals surface area (Å²) < 4.78 is 45.6. The van der Waals surface area contributed by atoms with E-state index < -0.39 is 27.8 Å². The molecule has 1 saturated heterocycles. The number of nitrogens with zero attached hydrogens (tertiary/aromatic N) is 3. The van der Waals surface area contributed by atoms with E-state index in [-0.39, 0.29) is 23.3 Å². The fourth-order valence-corrected chi connectivity index (χ4v) is 4.96. The highest BCUT2D eigenvalue weighted by molar-refractivity contribution is 7.89. The van der Waals surface area contributed by atoms with Gasteiger partial charge in [-0.2, -0.15) is 4.31 Å². The van der Waals surface area contributed by atoms with Gasteiger partial charge in [0.2, 0.25) is 21.8 Å². The van der Waals surface area contributed by atoms with E-state index in [9.17, 15) is 17.6 Å². The van der Waals surface area contributed by atoms with E-state index in [1.807, 2.05) is 31.2 Å². The molecule has 10 heteroatoms. The molecular weight excluding hydrogens is 411 g/mol. The Labute approximate surface area is 172 Å². The number of halogens is 1. The number of sulfonamides is 1. The maximum absolute atomic E-state index is 13.1. The minimum absolute atomic E-state index is 0.0666. The van der Waals surface area contributed by atoms with Crippen molar-refractivity contribution in [1.29, 1.82) is 0 Å². The highest BCUT2D eigenvalue weighted by Crippen LogP contribution is 2.27. The van der Waals surface area contributed by atoms with Gasteiger partial charge in [0.05, 0.1) is 4.90 Å². The first kappa shape index (κ1) is 20.2. The Morgan fingerprint density at radius 3 is 2.53 bits per heavy atom. The van der Waals surface area contributed by atoms with Crippen LogP contribution >= 0.6 is 0 Å². The molecule has 1 N–H and O–H groups in total. The summed E-state index contributed by atoms with van der Waals surface area (Å²) in [6.45, 7) is 2.15. The van der Waals surface area contributed by atoms with Crippen molar-refractivity contribution in [2.75, 3.05) is 11.9 Å². The van der Waals surface area contributed by atoms with Gasteiger partial charge in [-0.05, 0) is 56.2 Å². The van der Waals surface area contributed by atoms with Gasteiger partial charge in [0, 0.05) is 12.1 Å². The molecule has 1 unspecified atom stereocenters. The molecular formula is C20H19FN4O4S. The average molecular weight is 430 g/mol. The Morgan fingerprint density at radius 1 is 1.13 bits per heavy atom. The Bertz CT molecular complexity index is 1160. The molecule has 1 fully saturated rings. The molecule has 1 aliphatic rings. The fraction of sp³-hybridized carbons (Fsp3) is 0.250. The number of hydrogen-bond donors (Lipinski definition) is 1. The van der Waals surface area contributed by atoms with Crippen LogP contribution in [0.4, 0.5) is 10.4 Å². The summed E-state index contributed by atoms with van der Waals surface area (Å²) in [7, 11) is -3.94. The minimum Gasteiger partial charge on any atom is -0.403 e. The van der Waals surface area contributed by atoms with Crippen molar-refractivity contribution in [3.05, 3.63) is 59.9 Å². The van der Waals surface area contributed by atoms with E-state index in [4.69, 9.17) is 4.42 Å². The van der Waals surface area contributed by atoms with E-state index in [0.717, 1.165) is 22.0 Å². The number of carbonyl (C=O) groups is 1. The number of hydrogen-bond acceptors (Lipinski definition) is 6. The zero-order chi connectivity index (χ0) is 21.3. The molecule has 1 aliphatic heterocycles. The molecule has 156 valence electrons. The van der Waals surface area contributed by atoms with Crippen LogP contribution in [-0.4, -0.2) is 41.4 Å². The Hall–Kier alpha value is -3.11. The minimum atomic E-state index is -3.94. The number of aryl methyl sites for hydroxylation is 1. The van der Waals surface area contributed by atoms with Crippen molar-refractivity contribution in [2.24, 2.45) is 0 Å². The third-order valence-corrected chi connectivity index (χ3v) is 6.80. The van der Waals surface area contributed by atoms with E-state index in [2.05, 4.69) is 15.5 Å². The second-order valence-corrected chi connectivity index (χ2v) is 8.89. The number of aromatic nitrogens is 2. The summed E-state index contributed by atoms with van der Waals surface area (Å²) >= 11 is 0. The van der Waals surface area contributed by atoms with Crippen LogP contribution in [0.2, 0.25) is 0 Å². The van der Waals surface area contributed by atoms with Crippen molar-refractivity contribution < 1.29 is 22.0 Å². The number of benzene rings is 2. The standard InChI is InChI=1S/C20H19FN4O4S/c1-13-4-6-14(7-5-13)19-23-24-20(29-19)22-18(26)17-3-2-12-25(17)30(27,28)16-10-8-15(21)9-11-16/h4-11,17H,2-3,12H2,1H3,(H,22,24,26). The Morgan fingerprint density at radius 2 is 1.83 bits per heavy atom. The molecule has 30 heavy (non-hydrogen) atoms. The monoisotopic (exact) mass is 430 g/mol. The van der Waals surface area contributed by atoms with Crippen LogP contribution in [0.3, 0.4) is 0 Å². The van der Waals surface area contributed by atoms with E-state index in [0.29, 0.717) is 18.4 Å². The zero-order valence-corrected chi connectivity index (χ0v) is 16.9. The Kier molecular flexibility index (Phi) is 5.35. The molecule has 1 atom stereocenters. The fourth-order valence-electron chi connectivity index (χ4n) is 3.31. The molecule has 1 aromatic heterocycles. The number of amides is 1. The van der Waals surface area contributed by atoms with Crippen LogP contribution in [0.5, 0.6) is 0 Å². The lowest BCUT2D eigenvalue weighted by molar-refractivity contribution is -0.119. The van der Waals surface area contributed by atoms with Crippen molar-refractivity contribution in [3.63, 3.8) is 0 Å². The van der Waals surface area contributed by atoms with Gasteiger partial charge in [-0.15, -0.1) is 5.10 Å². The smallest absolute Gasteiger partial charge is 0.322 e. The predicted octanol–water partition coefficient (Wildman–Crippen LogP) is 2.98. The zero-order valence-electron chi connectivity index (χ0n) is 16.1. The number of nitrogens with one attached hydrogen (secondary N) is 1. The summed E-state index contributed by atoms with van der Waals surface area (Å²) in [5.41, 5.74) is 1.78. The highest BCUT2D eigenvalue weighted by Gasteiger charge is 2.39. The van der Waals surface area contributed by atoms with Gasteiger partial charge >= 0.3 is 6.01 Å². The molecule has 3 aromatic rings. The number of anilines is 1. The van der Waals surface area contributed by atoms with Crippen LogP contribution < -0.4 is 5.32 Å². The van der Waals surface area contributed by atoms with Crippen molar-refractivity contribution >= 4 is 21.9 Å². The molecule has 0 spiro atoms. The lowest BCUT2D eigenvalue weighted by Crippen LogP contribution is -2.43. The third kappa shape index (κ3) is 3.96. The summed E-state index contributed by atoms with van der Waals surface area (Å²) in [6.07, 6.45) is 0.877. The first-order valence-electron chi connectivity index (χ1n) is 9.33. The van der Waals surface area contributed by atoms with Gasteiger partial charge in [-0.25, -0.2) is 12.8 Å². The third-order valence-electron chi connectivity index (χ3n) is 4.88. The molecule has 0 saturated carbocycles. The van der Waals surface area contributed by atoms with Gasteiger partial charge in [0.1, 0.15) is 11.9 Å². The van der Waals surface area contributed by atoms with Crippen molar-refractivity contribution in [3.8, 4) is 11.5 Å². The first-order chi connectivity index (χ1) is 14.3. The maximum atomic E-state index is 13.1. The van der Waals surface area contributed by atoms with E-state index in [1.165, 1.54) is 12.1 Å². The second kappa shape index (κ2) is 7.96. The topological polar surface area (TPSA) is 105 Å². The number of carbonyl (C=O) groups excluding carboxylic acids is 1. The molecule has 2 aromatic carbocycles. The van der Waals surface area contributed by atoms with Gasteiger partial charge in [-0.3, -0.25) is 10.1 Å². The van der Waals surface area contributed by atoms with E-state index in [1.54, 1.807) is 0 Å². The largest absolute Gasteiger partial charge is 0.403 e. The van der Waals surface area contributed by atoms with Gasteiger partial charge < -0.3 is 4.42 Å². The van der Waals surface area contributed by atoms with E-state index >= 15 is 0 Å². The summed E-state index contributed by atoms with van der Waals surface area (Å²) in [5.74, 6) is -0.852. The van der Waals surface area contributed by atoms with Crippen LogP contribution in [0.25, 0.3) is 11.5 Å². The van der Waals surface area contributed by atoms with Crippen LogP contribution in [0.1, 0.15) is 18.4 Å². The Balaban J connectivity index is 1.50. The van der Waals surface area contributed by atoms with Crippen molar-refractivity contribution in [2.45, 2.75) is 30.7 Å². The van der Waals surface area contributed by atoms with Gasteiger partial charge in [-0.1, -0.05) is 22.8 Å². The SMILES string of the molecule is Cc1ccc(-c2nnc(NC(=O)C3CCCN3S(=O)(=O)c3ccc(F)cc3)o2)cc1. The molecule has 0 aliphatic carbocycles. The summed E-state index contributed by atoms with van der Waals surface area (Å²) in [6, 6.07) is 10.9. The van der Waals surface area contributed by atoms with Crippen LogP contribution in [0.15, 0.2) is 57.8 Å². The lowest BCUT2D eigenvalue weighted by atomic mass is 10.1. The summed E-state index contributed by atoms with van der Waals surface area (Å²) in [4.78, 5) is 12.7.